The Morgan fingerprint density at radius 1 is 1.03 bits per heavy atom. The van der Waals surface area contributed by atoms with E-state index in [1.807, 2.05) is 13.0 Å². The molecule has 1 aliphatic rings. The van der Waals surface area contributed by atoms with Gasteiger partial charge in [-0.15, -0.1) is 0 Å². The number of amides is 2. The molecule has 1 saturated heterocycles. The molecule has 2 aromatic carbocycles. The van der Waals surface area contributed by atoms with Crippen LogP contribution in [0, 0.1) is 24.0 Å². The molecule has 8 nitrogen and oxygen atoms in total. The van der Waals surface area contributed by atoms with Crippen LogP contribution < -0.4 is 10.6 Å². The van der Waals surface area contributed by atoms with E-state index in [0.717, 1.165) is 44.8 Å². The minimum absolute atomic E-state index is 0.00396. The molecule has 30 heavy (non-hydrogen) atoms. The van der Waals surface area contributed by atoms with Crippen LogP contribution >= 0.6 is 0 Å². The Labute approximate surface area is 177 Å². The summed E-state index contributed by atoms with van der Waals surface area (Å²) in [7, 11) is 0. The number of benzene rings is 2. The van der Waals surface area contributed by atoms with Gasteiger partial charge in [0.05, 0.1) is 16.2 Å². The van der Waals surface area contributed by atoms with Crippen molar-refractivity contribution in [1.29, 1.82) is 0 Å². The zero-order chi connectivity index (χ0) is 21.5. The zero-order valence-electron chi connectivity index (χ0n) is 17.6. The van der Waals surface area contributed by atoms with Crippen molar-refractivity contribution in [1.82, 2.24) is 15.1 Å². The van der Waals surface area contributed by atoms with Gasteiger partial charge in [-0.3, -0.25) is 19.9 Å². The van der Waals surface area contributed by atoms with Crippen molar-refractivity contribution in [2.24, 2.45) is 0 Å². The molecule has 0 spiro atoms. The number of hydrogen-bond donors (Lipinski definition) is 2. The largest absolute Gasteiger partial charge is 0.337 e. The first-order valence-electron chi connectivity index (χ1n) is 10.2. The zero-order valence-corrected chi connectivity index (χ0v) is 17.6. The Balaban J connectivity index is 1.41. The first-order valence-corrected chi connectivity index (χ1v) is 10.2. The van der Waals surface area contributed by atoms with E-state index in [-0.39, 0.29) is 11.7 Å². The van der Waals surface area contributed by atoms with Crippen LogP contribution in [0.15, 0.2) is 42.5 Å². The van der Waals surface area contributed by atoms with Gasteiger partial charge in [-0.1, -0.05) is 36.4 Å². The number of piperazine rings is 1. The molecule has 1 aliphatic heterocycles. The van der Waals surface area contributed by atoms with Crippen LogP contribution in [0.3, 0.4) is 0 Å². The van der Waals surface area contributed by atoms with Gasteiger partial charge >= 0.3 is 6.03 Å². The lowest BCUT2D eigenvalue weighted by molar-refractivity contribution is -0.385. The van der Waals surface area contributed by atoms with Gasteiger partial charge in [0.2, 0.25) is 0 Å². The lowest BCUT2D eigenvalue weighted by Crippen LogP contribution is -2.48. The molecule has 2 amide bonds. The Morgan fingerprint density at radius 3 is 2.37 bits per heavy atom. The Morgan fingerprint density at radius 2 is 1.70 bits per heavy atom. The fraction of sp³-hybridized carbons (Fsp3) is 0.409. The highest BCUT2D eigenvalue weighted by Crippen LogP contribution is 2.28. The molecule has 0 unspecified atom stereocenters. The second-order valence-corrected chi connectivity index (χ2v) is 7.64. The number of nitrogens with one attached hydrogen (secondary N) is 2. The summed E-state index contributed by atoms with van der Waals surface area (Å²) < 4.78 is 0. The molecule has 160 valence electrons. The van der Waals surface area contributed by atoms with E-state index in [4.69, 9.17) is 0 Å². The predicted octanol–water partition coefficient (Wildman–Crippen LogP) is 3.15. The van der Waals surface area contributed by atoms with Crippen LogP contribution in [0.2, 0.25) is 0 Å². The highest BCUT2D eigenvalue weighted by molar-refractivity contribution is 5.91. The molecule has 2 N–H and O–H groups in total. The first kappa shape index (κ1) is 21.7. The molecule has 0 saturated carbocycles. The number of hydrogen-bond acceptors (Lipinski definition) is 5. The molecule has 1 fully saturated rings. The highest BCUT2D eigenvalue weighted by atomic mass is 16.6. The van der Waals surface area contributed by atoms with Crippen molar-refractivity contribution in [2.45, 2.75) is 20.4 Å². The van der Waals surface area contributed by atoms with Gasteiger partial charge in [-0.2, -0.15) is 0 Å². The normalized spacial score (nSPS) is 15.0. The minimum atomic E-state index is -0.435. The van der Waals surface area contributed by atoms with Gasteiger partial charge in [0.25, 0.3) is 5.69 Å². The van der Waals surface area contributed by atoms with Gasteiger partial charge in [0, 0.05) is 51.9 Å². The third kappa shape index (κ3) is 5.77. The number of nitrogens with zero attached hydrogens (tertiary/aromatic N) is 3. The van der Waals surface area contributed by atoms with Crippen molar-refractivity contribution in [2.75, 3.05) is 44.6 Å². The standard InChI is InChI=1S/C22H29N5O3/c1-17-8-9-20(27(29)30)18(2)21(17)24-22(28)23-10-11-25-12-14-26(15-13-25)16-19-6-4-3-5-7-19/h3-9H,10-16H2,1-2H3,(H2,23,24,28). The smallest absolute Gasteiger partial charge is 0.319 e. The summed E-state index contributed by atoms with van der Waals surface area (Å²) >= 11 is 0. The highest BCUT2D eigenvalue weighted by Gasteiger charge is 2.19. The number of nitro benzene ring substituents is 1. The molecular weight excluding hydrogens is 382 g/mol. The van der Waals surface area contributed by atoms with Crippen LogP contribution in [-0.4, -0.2) is 60.0 Å². The molecule has 0 bridgehead atoms. The lowest BCUT2D eigenvalue weighted by atomic mass is 10.1. The molecule has 3 rings (SSSR count). The van der Waals surface area contributed by atoms with Crippen LogP contribution in [0.25, 0.3) is 0 Å². The second-order valence-electron chi connectivity index (χ2n) is 7.64. The summed E-state index contributed by atoms with van der Waals surface area (Å²) in [5.74, 6) is 0. The van der Waals surface area contributed by atoms with Crippen molar-refractivity contribution in [3.63, 3.8) is 0 Å². The lowest BCUT2D eigenvalue weighted by Gasteiger charge is -2.34. The average molecular weight is 412 g/mol. The van der Waals surface area contributed by atoms with Crippen molar-refractivity contribution in [3.05, 3.63) is 69.3 Å². The molecule has 2 aromatic rings. The molecule has 0 radical (unpaired) electrons. The number of aryl methyl sites for hydroxylation is 1. The summed E-state index contributed by atoms with van der Waals surface area (Å²) in [5.41, 5.74) is 3.09. The maximum Gasteiger partial charge on any atom is 0.319 e. The summed E-state index contributed by atoms with van der Waals surface area (Å²) in [4.78, 5) is 27.7. The predicted molar refractivity (Wildman–Crippen MR) is 118 cm³/mol. The Hall–Kier alpha value is -2.97. The maximum absolute atomic E-state index is 12.3. The number of carbonyl (C=O) groups excluding carboxylic acids is 1. The van der Waals surface area contributed by atoms with E-state index in [0.29, 0.717) is 17.8 Å². The first-order chi connectivity index (χ1) is 14.4. The number of urea groups is 1. The maximum atomic E-state index is 12.3. The topological polar surface area (TPSA) is 90.8 Å². The summed E-state index contributed by atoms with van der Waals surface area (Å²) in [5, 5.41) is 16.7. The molecule has 0 aromatic heterocycles. The van der Waals surface area contributed by atoms with E-state index in [1.54, 1.807) is 13.0 Å². The number of carbonyl (C=O) groups is 1. The van der Waals surface area contributed by atoms with Gasteiger partial charge in [-0.05, 0) is 25.0 Å². The van der Waals surface area contributed by atoms with E-state index in [1.165, 1.54) is 11.6 Å². The monoisotopic (exact) mass is 411 g/mol. The van der Waals surface area contributed by atoms with E-state index in [9.17, 15) is 14.9 Å². The average Bonchev–Trinajstić information content (AvgIpc) is 2.73. The second kappa shape index (κ2) is 10.2. The SMILES string of the molecule is Cc1ccc([N+](=O)[O-])c(C)c1NC(=O)NCCN1CCN(Cc2ccccc2)CC1. The molecule has 1 heterocycles. The third-order valence-corrected chi connectivity index (χ3v) is 5.51. The molecule has 0 aliphatic carbocycles. The van der Waals surface area contributed by atoms with Crippen molar-refractivity contribution < 1.29 is 9.72 Å². The Bertz CT molecular complexity index is 880. The quantitative estimate of drug-likeness (QED) is 0.540. The fourth-order valence-electron chi connectivity index (χ4n) is 3.72. The fourth-order valence-corrected chi connectivity index (χ4v) is 3.72. The van der Waals surface area contributed by atoms with Crippen LogP contribution in [-0.2, 0) is 6.54 Å². The van der Waals surface area contributed by atoms with E-state index >= 15 is 0 Å². The van der Waals surface area contributed by atoms with E-state index in [2.05, 4.69) is 44.7 Å². The van der Waals surface area contributed by atoms with Crippen molar-refractivity contribution in [3.8, 4) is 0 Å². The third-order valence-electron chi connectivity index (χ3n) is 5.51. The summed E-state index contributed by atoms with van der Waals surface area (Å²) in [6.45, 7) is 9.70. The van der Waals surface area contributed by atoms with Crippen LogP contribution in [0.1, 0.15) is 16.7 Å². The van der Waals surface area contributed by atoms with Gasteiger partial charge in [0.1, 0.15) is 0 Å². The van der Waals surface area contributed by atoms with Gasteiger partial charge in [0.15, 0.2) is 0 Å². The van der Waals surface area contributed by atoms with Crippen LogP contribution in [0.4, 0.5) is 16.2 Å². The molecule has 0 atom stereocenters. The molecule has 8 heteroatoms. The summed E-state index contributed by atoms with van der Waals surface area (Å²) in [6, 6.07) is 13.2. The number of nitro groups is 1. The van der Waals surface area contributed by atoms with Crippen LogP contribution in [0.5, 0.6) is 0 Å². The minimum Gasteiger partial charge on any atom is -0.337 e. The Kier molecular flexibility index (Phi) is 7.37. The number of rotatable bonds is 7. The van der Waals surface area contributed by atoms with Crippen molar-refractivity contribution >= 4 is 17.4 Å². The van der Waals surface area contributed by atoms with Gasteiger partial charge in [-0.25, -0.2) is 4.79 Å². The van der Waals surface area contributed by atoms with E-state index < -0.39 is 4.92 Å². The molecular formula is C22H29N5O3. The summed E-state index contributed by atoms with van der Waals surface area (Å²) in [6.07, 6.45) is 0. The number of anilines is 1. The van der Waals surface area contributed by atoms with Gasteiger partial charge < -0.3 is 10.6 Å².